The molecule has 0 aliphatic carbocycles. The first kappa shape index (κ1) is 13.5. The number of benzene rings is 2. The van der Waals surface area contributed by atoms with Crippen LogP contribution in [0.15, 0.2) is 57.4 Å². The van der Waals surface area contributed by atoms with E-state index in [1.807, 2.05) is 37.3 Å². The maximum absolute atomic E-state index is 8.87. The number of amidine groups is 1. The lowest BCUT2D eigenvalue weighted by atomic mass is 10.1. The maximum Gasteiger partial charge on any atom is 0.171 e. The Morgan fingerprint density at radius 2 is 1.84 bits per heavy atom. The molecule has 3 N–H and O–H groups in total. The highest BCUT2D eigenvalue weighted by Crippen LogP contribution is 2.31. The molecule has 0 radical (unpaired) electrons. The van der Waals surface area contributed by atoms with Gasteiger partial charge in [0.1, 0.15) is 0 Å². The molecule has 0 amide bonds. The molecular weight excluding hydrogens is 256 g/mol. The van der Waals surface area contributed by atoms with Crippen molar-refractivity contribution in [2.75, 3.05) is 0 Å². The Hall–Kier alpha value is -1.94. The molecule has 2 aromatic rings. The van der Waals surface area contributed by atoms with Gasteiger partial charge < -0.3 is 10.9 Å². The second-order valence-corrected chi connectivity index (χ2v) is 5.52. The largest absolute Gasteiger partial charge is 0.409 e. The Morgan fingerprint density at radius 3 is 2.53 bits per heavy atom. The first-order valence-corrected chi connectivity index (χ1v) is 6.75. The van der Waals surface area contributed by atoms with Crippen LogP contribution in [-0.2, 0) is 0 Å². The number of hydrogen-bond acceptors (Lipinski definition) is 3. The van der Waals surface area contributed by atoms with Crippen molar-refractivity contribution in [2.45, 2.75) is 23.6 Å². The predicted molar refractivity (Wildman–Crippen MR) is 79.0 cm³/mol. The van der Waals surface area contributed by atoms with Crippen LogP contribution in [0.5, 0.6) is 0 Å². The van der Waals surface area contributed by atoms with Gasteiger partial charge in [0.2, 0.25) is 0 Å². The topological polar surface area (TPSA) is 58.6 Å². The molecule has 0 bridgehead atoms. The van der Waals surface area contributed by atoms with E-state index in [0.29, 0.717) is 0 Å². The summed E-state index contributed by atoms with van der Waals surface area (Å²) in [6.45, 7) is 4.04. The Kier molecular flexibility index (Phi) is 4.12. The summed E-state index contributed by atoms with van der Waals surface area (Å²) in [7, 11) is 0. The fraction of sp³-hybridized carbons (Fsp3) is 0.133. The third kappa shape index (κ3) is 3.29. The van der Waals surface area contributed by atoms with Crippen molar-refractivity contribution in [3.8, 4) is 0 Å². The highest BCUT2D eigenvalue weighted by atomic mass is 32.2. The van der Waals surface area contributed by atoms with Gasteiger partial charge in [0, 0.05) is 15.4 Å². The Labute approximate surface area is 117 Å². The SMILES string of the molecule is Cc1cccc(Sc2ccc(C)cc2/C(N)=N/O)c1. The van der Waals surface area contributed by atoms with Gasteiger partial charge in [-0.15, -0.1) is 0 Å². The number of aryl methyl sites for hydroxylation is 2. The number of oxime groups is 1. The van der Waals surface area contributed by atoms with Gasteiger partial charge in [-0.1, -0.05) is 46.2 Å². The van der Waals surface area contributed by atoms with E-state index in [4.69, 9.17) is 10.9 Å². The molecule has 0 aromatic heterocycles. The molecule has 4 heteroatoms. The van der Waals surface area contributed by atoms with Gasteiger partial charge in [0.05, 0.1) is 0 Å². The quantitative estimate of drug-likeness (QED) is 0.389. The normalized spacial score (nSPS) is 11.6. The summed E-state index contributed by atoms with van der Waals surface area (Å²) >= 11 is 1.61. The zero-order chi connectivity index (χ0) is 13.8. The van der Waals surface area contributed by atoms with Crippen molar-refractivity contribution < 1.29 is 5.21 Å². The molecule has 0 spiro atoms. The van der Waals surface area contributed by atoms with Gasteiger partial charge in [-0.2, -0.15) is 0 Å². The molecule has 19 heavy (non-hydrogen) atoms. The Balaban J connectivity index is 2.40. The van der Waals surface area contributed by atoms with Crippen LogP contribution < -0.4 is 5.73 Å². The smallest absolute Gasteiger partial charge is 0.171 e. The van der Waals surface area contributed by atoms with Crippen LogP contribution in [0, 0.1) is 13.8 Å². The molecular formula is C15H16N2OS. The summed E-state index contributed by atoms with van der Waals surface area (Å²) in [5.74, 6) is 0.138. The molecule has 0 saturated carbocycles. The molecule has 2 rings (SSSR count). The van der Waals surface area contributed by atoms with Crippen molar-refractivity contribution in [2.24, 2.45) is 10.9 Å². The Morgan fingerprint density at radius 1 is 1.11 bits per heavy atom. The van der Waals surface area contributed by atoms with Crippen molar-refractivity contribution in [1.82, 2.24) is 0 Å². The summed E-state index contributed by atoms with van der Waals surface area (Å²) in [5.41, 5.74) is 8.78. The highest BCUT2D eigenvalue weighted by Gasteiger charge is 2.09. The van der Waals surface area contributed by atoms with E-state index in [-0.39, 0.29) is 5.84 Å². The minimum Gasteiger partial charge on any atom is -0.409 e. The summed E-state index contributed by atoms with van der Waals surface area (Å²) in [6, 6.07) is 14.2. The highest BCUT2D eigenvalue weighted by molar-refractivity contribution is 7.99. The molecule has 0 saturated heterocycles. The lowest BCUT2D eigenvalue weighted by Crippen LogP contribution is -2.14. The number of nitrogens with zero attached hydrogens (tertiary/aromatic N) is 1. The van der Waals surface area contributed by atoms with Crippen LogP contribution in [0.25, 0.3) is 0 Å². The van der Waals surface area contributed by atoms with E-state index in [0.717, 1.165) is 20.9 Å². The number of rotatable bonds is 3. The Bertz CT molecular complexity index is 623. The number of hydrogen-bond donors (Lipinski definition) is 2. The van der Waals surface area contributed by atoms with Gasteiger partial charge in [0.15, 0.2) is 5.84 Å². The van der Waals surface area contributed by atoms with Crippen LogP contribution in [0.3, 0.4) is 0 Å². The van der Waals surface area contributed by atoms with E-state index in [1.165, 1.54) is 5.56 Å². The van der Waals surface area contributed by atoms with Crippen LogP contribution in [0.1, 0.15) is 16.7 Å². The minimum atomic E-state index is 0.138. The lowest BCUT2D eigenvalue weighted by Gasteiger charge is -2.09. The van der Waals surface area contributed by atoms with Crippen molar-refractivity contribution in [1.29, 1.82) is 0 Å². The standard InChI is InChI=1S/C15H16N2OS/c1-10-4-3-5-12(8-10)19-14-7-6-11(2)9-13(14)15(16)17-18/h3-9,18H,1-2H3,(H2,16,17). The van der Waals surface area contributed by atoms with Crippen molar-refractivity contribution >= 4 is 17.6 Å². The fourth-order valence-corrected chi connectivity index (χ4v) is 2.85. The van der Waals surface area contributed by atoms with E-state index in [1.54, 1.807) is 11.8 Å². The molecule has 0 heterocycles. The summed E-state index contributed by atoms with van der Waals surface area (Å²) < 4.78 is 0. The molecule has 0 aliphatic rings. The monoisotopic (exact) mass is 272 g/mol. The summed E-state index contributed by atoms with van der Waals surface area (Å²) in [4.78, 5) is 2.11. The molecule has 98 valence electrons. The summed E-state index contributed by atoms with van der Waals surface area (Å²) in [6.07, 6.45) is 0. The predicted octanol–water partition coefficient (Wildman–Crippen LogP) is 3.55. The van der Waals surface area contributed by atoms with E-state index < -0.39 is 0 Å². The van der Waals surface area contributed by atoms with Crippen LogP contribution in [0.2, 0.25) is 0 Å². The minimum absolute atomic E-state index is 0.138. The third-order valence-electron chi connectivity index (χ3n) is 2.74. The van der Waals surface area contributed by atoms with Crippen molar-refractivity contribution in [3.63, 3.8) is 0 Å². The third-order valence-corrected chi connectivity index (χ3v) is 3.80. The molecule has 2 aromatic carbocycles. The molecule has 0 atom stereocenters. The van der Waals surface area contributed by atoms with Crippen molar-refractivity contribution in [3.05, 3.63) is 59.2 Å². The van der Waals surface area contributed by atoms with Gasteiger partial charge in [-0.3, -0.25) is 0 Å². The van der Waals surface area contributed by atoms with E-state index in [9.17, 15) is 0 Å². The molecule has 3 nitrogen and oxygen atoms in total. The zero-order valence-electron chi connectivity index (χ0n) is 10.9. The zero-order valence-corrected chi connectivity index (χ0v) is 11.7. The number of nitrogens with two attached hydrogens (primary N) is 1. The van der Waals surface area contributed by atoms with Gasteiger partial charge >= 0.3 is 0 Å². The van der Waals surface area contributed by atoms with Gasteiger partial charge in [0.25, 0.3) is 0 Å². The van der Waals surface area contributed by atoms with Gasteiger partial charge in [-0.25, -0.2) is 0 Å². The maximum atomic E-state index is 8.87. The average Bonchev–Trinajstić information content (AvgIpc) is 2.40. The lowest BCUT2D eigenvalue weighted by molar-refractivity contribution is 0.318. The second kappa shape index (κ2) is 5.80. The fourth-order valence-electron chi connectivity index (χ4n) is 1.79. The van der Waals surface area contributed by atoms with Crippen LogP contribution in [-0.4, -0.2) is 11.0 Å². The average molecular weight is 272 g/mol. The van der Waals surface area contributed by atoms with E-state index in [2.05, 4.69) is 24.2 Å². The summed E-state index contributed by atoms with van der Waals surface area (Å²) in [5, 5.41) is 12.0. The first-order valence-electron chi connectivity index (χ1n) is 5.93. The second-order valence-electron chi connectivity index (χ2n) is 4.40. The first-order chi connectivity index (χ1) is 9.10. The van der Waals surface area contributed by atoms with E-state index >= 15 is 0 Å². The van der Waals surface area contributed by atoms with Crippen LogP contribution >= 0.6 is 11.8 Å². The van der Waals surface area contributed by atoms with Gasteiger partial charge in [-0.05, 0) is 38.1 Å². The molecule has 0 unspecified atom stereocenters. The van der Waals surface area contributed by atoms with Crippen LogP contribution in [0.4, 0.5) is 0 Å². The molecule has 0 fully saturated rings. The molecule has 0 aliphatic heterocycles.